The molecule has 4 rings (SSSR count). The number of hydrogen-bond donors (Lipinski definition) is 2. The fourth-order valence-corrected chi connectivity index (χ4v) is 3.71. The van der Waals surface area contributed by atoms with E-state index >= 15 is 0 Å². The van der Waals surface area contributed by atoms with Crippen molar-refractivity contribution in [3.05, 3.63) is 65.0 Å². The molecule has 0 aliphatic heterocycles. The molecule has 0 saturated heterocycles. The Morgan fingerprint density at radius 2 is 1.97 bits per heavy atom. The minimum absolute atomic E-state index is 0. The first-order valence-corrected chi connectivity index (χ1v) is 9.55. The van der Waals surface area contributed by atoms with E-state index in [4.69, 9.17) is 10.5 Å². The van der Waals surface area contributed by atoms with Crippen molar-refractivity contribution in [3.8, 4) is 11.4 Å². The lowest BCUT2D eigenvalue weighted by molar-refractivity contribution is 0.102. The van der Waals surface area contributed by atoms with Gasteiger partial charge in [0.2, 0.25) is 0 Å². The van der Waals surface area contributed by atoms with Gasteiger partial charge in [-0.25, -0.2) is 4.68 Å². The SMILES string of the molecule is CCc1ccc(-n2nc(C(=O)Nc3ccc(OC)c(N)c3)c3c2CCC3)cc1.Cl. The predicted octanol–water partition coefficient (Wildman–Crippen LogP) is 4.19. The first-order chi connectivity index (χ1) is 13.6. The third-order valence-electron chi connectivity index (χ3n) is 5.22. The van der Waals surface area contributed by atoms with Gasteiger partial charge in [0.1, 0.15) is 5.75 Å². The largest absolute Gasteiger partial charge is 0.495 e. The number of nitrogens with two attached hydrogens (primary N) is 1. The number of rotatable bonds is 5. The van der Waals surface area contributed by atoms with E-state index in [0.29, 0.717) is 22.8 Å². The minimum Gasteiger partial charge on any atom is -0.495 e. The fourth-order valence-electron chi connectivity index (χ4n) is 3.71. The average Bonchev–Trinajstić information content (AvgIpc) is 3.31. The van der Waals surface area contributed by atoms with Crippen molar-refractivity contribution in [2.45, 2.75) is 32.6 Å². The standard InChI is InChI=1S/C22H24N4O2.ClH/c1-3-14-7-10-16(11-8-14)26-19-6-4-5-17(19)21(25-26)22(27)24-15-9-12-20(28-2)18(23)13-15;/h7-13H,3-6,23H2,1-2H3,(H,24,27);1H. The third-order valence-corrected chi connectivity index (χ3v) is 5.22. The summed E-state index contributed by atoms with van der Waals surface area (Å²) < 4.78 is 7.08. The van der Waals surface area contributed by atoms with Gasteiger partial charge in [-0.05, 0) is 61.6 Å². The first kappa shape index (κ1) is 20.7. The van der Waals surface area contributed by atoms with Gasteiger partial charge >= 0.3 is 0 Å². The van der Waals surface area contributed by atoms with Crippen LogP contribution in [0.1, 0.15) is 40.7 Å². The summed E-state index contributed by atoms with van der Waals surface area (Å²) in [5.74, 6) is 0.366. The zero-order valence-corrected chi connectivity index (χ0v) is 17.4. The van der Waals surface area contributed by atoms with Crippen LogP contribution in [0.4, 0.5) is 11.4 Å². The van der Waals surface area contributed by atoms with Gasteiger partial charge in [-0.1, -0.05) is 19.1 Å². The van der Waals surface area contributed by atoms with Gasteiger partial charge in [0, 0.05) is 16.9 Å². The molecular formula is C22H25ClN4O2. The summed E-state index contributed by atoms with van der Waals surface area (Å²) in [6, 6.07) is 13.6. The van der Waals surface area contributed by atoms with E-state index in [2.05, 4.69) is 41.6 Å². The molecule has 1 aliphatic rings. The number of halogens is 1. The maximum atomic E-state index is 12.9. The van der Waals surface area contributed by atoms with Crippen LogP contribution in [0.3, 0.4) is 0 Å². The van der Waals surface area contributed by atoms with Crippen LogP contribution in [-0.4, -0.2) is 22.8 Å². The van der Waals surface area contributed by atoms with Crippen LogP contribution in [0.15, 0.2) is 42.5 Å². The third kappa shape index (κ3) is 3.93. The molecule has 1 heterocycles. The summed E-state index contributed by atoms with van der Waals surface area (Å²) in [6.45, 7) is 2.13. The average molecular weight is 413 g/mol. The quantitative estimate of drug-likeness (QED) is 0.615. The highest BCUT2D eigenvalue weighted by Gasteiger charge is 2.27. The number of carbonyl (C=O) groups is 1. The number of anilines is 2. The molecule has 2 aromatic carbocycles. The van der Waals surface area contributed by atoms with Crippen molar-refractivity contribution < 1.29 is 9.53 Å². The molecule has 6 nitrogen and oxygen atoms in total. The second-order valence-electron chi connectivity index (χ2n) is 6.97. The Labute approximate surface area is 176 Å². The number of methoxy groups -OCH3 is 1. The normalized spacial score (nSPS) is 12.2. The number of aromatic nitrogens is 2. The molecule has 0 fully saturated rings. The van der Waals surface area contributed by atoms with Crippen LogP contribution in [0.5, 0.6) is 5.75 Å². The first-order valence-electron chi connectivity index (χ1n) is 9.55. The summed E-state index contributed by atoms with van der Waals surface area (Å²) in [4.78, 5) is 12.9. The summed E-state index contributed by atoms with van der Waals surface area (Å²) >= 11 is 0. The van der Waals surface area contributed by atoms with Crippen molar-refractivity contribution in [1.29, 1.82) is 0 Å². The van der Waals surface area contributed by atoms with Crippen molar-refractivity contribution >= 4 is 29.7 Å². The summed E-state index contributed by atoms with van der Waals surface area (Å²) in [5, 5.41) is 7.57. The predicted molar refractivity (Wildman–Crippen MR) is 118 cm³/mol. The number of fused-ring (bicyclic) bond motifs is 1. The Bertz CT molecular complexity index is 1030. The van der Waals surface area contributed by atoms with E-state index < -0.39 is 0 Å². The van der Waals surface area contributed by atoms with E-state index in [9.17, 15) is 4.79 Å². The molecule has 0 spiro atoms. The molecule has 7 heteroatoms. The second-order valence-corrected chi connectivity index (χ2v) is 6.97. The monoisotopic (exact) mass is 412 g/mol. The van der Waals surface area contributed by atoms with Gasteiger partial charge in [-0.2, -0.15) is 5.10 Å². The summed E-state index contributed by atoms with van der Waals surface area (Å²) in [6.07, 6.45) is 3.84. The van der Waals surface area contributed by atoms with Crippen molar-refractivity contribution in [2.24, 2.45) is 0 Å². The highest BCUT2D eigenvalue weighted by Crippen LogP contribution is 2.29. The van der Waals surface area contributed by atoms with Gasteiger partial charge in [0.25, 0.3) is 5.91 Å². The van der Waals surface area contributed by atoms with Gasteiger partial charge in [-0.15, -0.1) is 12.4 Å². The molecule has 0 unspecified atom stereocenters. The molecule has 152 valence electrons. The number of nitrogens with zero attached hydrogens (tertiary/aromatic N) is 2. The fraction of sp³-hybridized carbons (Fsp3) is 0.273. The van der Waals surface area contributed by atoms with Gasteiger partial charge in [0.05, 0.1) is 18.5 Å². The number of amides is 1. The molecule has 1 aromatic heterocycles. The topological polar surface area (TPSA) is 82.2 Å². The number of nitrogens with one attached hydrogen (secondary N) is 1. The van der Waals surface area contributed by atoms with Crippen LogP contribution < -0.4 is 15.8 Å². The molecule has 1 amide bonds. The number of nitrogen functional groups attached to an aromatic ring is 1. The molecular weight excluding hydrogens is 388 g/mol. The van der Waals surface area contributed by atoms with Crippen LogP contribution in [0.25, 0.3) is 5.69 Å². The molecule has 1 aliphatic carbocycles. The van der Waals surface area contributed by atoms with Gasteiger partial charge in [-0.3, -0.25) is 4.79 Å². The van der Waals surface area contributed by atoms with Gasteiger partial charge < -0.3 is 15.8 Å². The minimum atomic E-state index is -0.216. The summed E-state index contributed by atoms with van der Waals surface area (Å²) in [7, 11) is 1.56. The van der Waals surface area contributed by atoms with Crippen LogP contribution in [0.2, 0.25) is 0 Å². The number of hydrogen-bond acceptors (Lipinski definition) is 4. The van der Waals surface area contributed by atoms with E-state index in [-0.39, 0.29) is 18.3 Å². The maximum absolute atomic E-state index is 12.9. The van der Waals surface area contributed by atoms with E-state index in [1.165, 1.54) is 5.56 Å². The highest BCUT2D eigenvalue weighted by atomic mass is 35.5. The number of carbonyl (C=O) groups excluding carboxylic acids is 1. The molecule has 3 aromatic rings. The Balaban J connectivity index is 0.00000240. The molecule has 3 N–H and O–H groups in total. The highest BCUT2D eigenvalue weighted by molar-refractivity contribution is 6.04. The lowest BCUT2D eigenvalue weighted by Crippen LogP contribution is -2.15. The smallest absolute Gasteiger partial charge is 0.276 e. The second kappa shape index (κ2) is 8.57. The zero-order chi connectivity index (χ0) is 19.7. The van der Waals surface area contributed by atoms with Gasteiger partial charge in [0.15, 0.2) is 5.69 Å². The Morgan fingerprint density at radius 1 is 1.21 bits per heavy atom. The molecule has 0 atom stereocenters. The van der Waals surface area contributed by atoms with Crippen molar-refractivity contribution in [1.82, 2.24) is 9.78 Å². The van der Waals surface area contributed by atoms with Crippen LogP contribution in [-0.2, 0) is 19.3 Å². The molecule has 0 saturated carbocycles. The van der Waals surface area contributed by atoms with Crippen LogP contribution in [0, 0.1) is 0 Å². The van der Waals surface area contributed by atoms with E-state index in [1.54, 1.807) is 25.3 Å². The summed E-state index contributed by atoms with van der Waals surface area (Å²) in [5.41, 5.74) is 12.0. The zero-order valence-electron chi connectivity index (χ0n) is 16.6. The Hall–Kier alpha value is -2.99. The molecule has 29 heavy (non-hydrogen) atoms. The Morgan fingerprint density at radius 3 is 2.62 bits per heavy atom. The molecule has 0 bridgehead atoms. The lowest BCUT2D eigenvalue weighted by Gasteiger charge is -2.08. The number of aryl methyl sites for hydroxylation is 1. The number of ether oxygens (including phenoxy) is 1. The lowest BCUT2D eigenvalue weighted by atomic mass is 10.1. The van der Waals surface area contributed by atoms with Crippen LogP contribution >= 0.6 is 12.4 Å². The molecule has 0 radical (unpaired) electrons. The van der Waals surface area contributed by atoms with E-state index in [1.807, 2.05) is 4.68 Å². The van der Waals surface area contributed by atoms with Crippen molar-refractivity contribution in [2.75, 3.05) is 18.2 Å². The Kier molecular flexibility index (Phi) is 6.13. The maximum Gasteiger partial charge on any atom is 0.276 e. The van der Waals surface area contributed by atoms with Crippen molar-refractivity contribution in [3.63, 3.8) is 0 Å². The number of benzene rings is 2. The van der Waals surface area contributed by atoms with E-state index in [0.717, 1.165) is 42.6 Å².